The number of carbonyl (C=O) groups is 3. The molecule has 34 heavy (non-hydrogen) atoms. The van der Waals surface area contributed by atoms with E-state index < -0.39 is 30.1 Å². The summed E-state index contributed by atoms with van der Waals surface area (Å²) in [4.78, 5) is 36.5. The minimum Gasteiger partial charge on any atom is -0.480 e. The fraction of sp³-hybridized carbons (Fsp3) is 0.423. The Morgan fingerprint density at radius 3 is 2.26 bits per heavy atom. The molecule has 3 atom stereocenters. The summed E-state index contributed by atoms with van der Waals surface area (Å²) in [5.41, 5.74) is 4.58. The molecular formula is C26H30N2O6. The Morgan fingerprint density at radius 1 is 1.06 bits per heavy atom. The summed E-state index contributed by atoms with van der Waals surface area (Å²) < 4.78 is 11.1. The Balaban J connectivity index is 1.31. The molecule has 0 bridgehead atoms. The monoisotopic (exact) mass is 466 g/mol. The van der Waals surface area contributed by atoms with Crippen LogP contribution in [-0.4, -0.2) is 55.0 Å². The first-order valence-electron chi connectivity index (χ1n) is 11.6. The van der Waals surface area contributed by atoms with Crippen molar-refractivity contribution in [2.24, 2.45) is 11.8 Å². The minimum absolute atomic E-state index is 0.0320. The third-order valence-electron chi connectivity index (χ3n) is 6.56. The molecule has 0 radical (unpaired) electrons. The second kappa shape index (κ2) is 10.3. The molecule has 3 N–H and O–H groups in total. The average Bonchev–Trinajstić information content (AvgIpc) is 3.42. The van der Waals surface area contributed by atoms with Crippen LogP contribution in [-0.2, 0) is 19.1 Å². The van der Waals surface area contributed by atoms with E-state index in [0.29, 0.717) is 13.0 Å². The van der Waals surface area contributed by atoms with E-state index in [1.54, 1.807) is 13.8 Å². The van der Waals surface area contributed by atoms with Crippen LogP contribution >= 0.6 is 0 Å². The molecule has 4 rings (SSSR count). The Labute approximate surface area is 198 Å². The second-order valence-electron chi connectivity index (χ2n) is 9.12. The highest BCUT2D eigenvalue weighted by Gasteiger charge is 2.37. The maximum absolute atomic E-state index is 12.6. The van der Waals surface area contributed by atoms with Gasteiger partial charge >= 0.3 is 12.1 Å². The Bertz CT molecular complexity index is 1020. The molecule has 1 fully saturated rings. The zero-order valence-corrected chi connectivity index (χ0v) is 19.3. The van der Waals surface area contributed by atoms with Crippen LogP contribution in [0.1, 0.15) is 37.3 Å². The molecule has 0 spiro atoms. The van der Waals surface area contributed by atoms with Crippen molar-refractivity contribution in [3.63, 3.8) is 0 Å². The number of rotatable bonds is 8. The highest BCUT2D eigenvalue weighted by atomic mass is 16.5. The van der Waals surface area contributed by atoms with Gasteiger partial charge in [0.15, 0.2) is 0 Å². The van der Waals surface area contributed by atoms with Gasteiger partial charge in [0.1, 0.15) is 18.8 Å². The number of ether oxygens (including phenoxy) is 2. The number of fused-ring (bicyclic) bond motifs is 3. The van der Waals surface area contributed by atoms with Gasteiger partial charge < -0.3 is 25.2 Å². The number of carboxylic acid groups (broad SMARTS) is 1. The number of amides is 2. The molecule has 0 saturated carbocycles. The Kier molecular flexibility index (Phi) is 7.17. The van der Waals surface area contributed by atoms with E-state index in [1.807, 2.05) is 24.3 Å². The lowest BCUT2D eigenvalue weighted by molar-refractivity contribution is -0.145. The molecule has 2 aromatic carbocycles. The minimum atomic E-state index is -1.09. The molecule has 1 aliphatic carbocycles. The van der Waals surface area contributed by atoms with Crippen LogP contribution in [0.25, 0.3) is 11.1 Å². The van der Waals surface area contributed by atoms with Gasteiger partial charge in [-0.05, 0) is 34.6 Å². The van der Waals surface area contributed by atoms with Crippen LogP contribution < -0.4 is 10.6 Å². The highest BCUT2D eigenvalue weighted by molar-refractivity contribution is 5.87. The van der Waals surface area contributed by atoms with E-state index in [9.17, 15) is 19.5 Å². The summed E-state index contributed by atoms with van der Waals surface area (Å²) >= 11 is 0. The van der Waals surface area contributed by atoms with Crippen LogP contribution in [0.4, 0.5) is 4.79 Å². The molecule has 8 heteroatoms. The van der Waals surface area contributed by atoms with Gasteiger partial charge in [0, 0.05) is 25.0 Å². The number of alkyl carbamates (subject to hydrolysis) is 1. The van der Waals surface area contributed by atoms with Crippen LogP contribution in [0.15, 0.2) is 48.5 Å². The predicted octanol–water partition coefficient (Wildman–Crippen LogP) is 3.16. The smallest absolute Gasteiger partial charge is 0.407 e. The molecule has 180 valence electrons. The molecule has 2 amide bonds. The van der Waals surface area contributed by atoms with Crippen LogP contribution in [0, 0.1) is 11.8 Å². The van der Waals surface area contributed by atoms with Gasteiger partial charge in [-0.2, -0.15) is 0 Å². The third-order valence-corrected chi connectivity index (χ3v) is 6.56. The first-order chi connectivity index (χ1) is 16.4. The zero-order valence-electron chi connectivity index (χ0n) is 19.3. The van der Waals surface area contributed by atoms with E-state index in [1.165, 1.54) is 0 Å². The van der Waals surface area contributed by atoms with Crippen molar-refractivity contribution in [3.05, 3.63) is 59.7 Å². The van der Waals surface area contributed by atoms with Crippen LogP contribution in [0.5, 0.6) is 0 Å². The number of hydrogen-bond donors (Lipinski definition) is 3. The normalized spacial score (nSPS) is 19.9. The van der Waals surface area contributed by atoms with Gasteiger partial charge in [-0.1, -0.05) is 62.4 Å². The number of hydrogen-bond acceptors (Lipinski definition) is 5. The maximum atomic E-state index is 12.6. The summed E-state index contributed by atoms with van der Waals surface area (Å²) in [5, 5.41) is 14.6. The molecule has 1 aliphatic heterocycles. The highest BCUT2D eigenvalue weighted by Crippen LogP contribution is 2.44. The van der Waals surface area contributed by atoms with Crippen LogP contribution in [0.3, 0.4) is 0 Å². The van der Waals surface area contributed by atoms with Gasteiger partial charge in [-0.25, -0.2) is 9.59 Å². The predicted molar refractivity (Wildman–Crippen MR) is 125 cm³/mol. The van der Waals surface area contributed by atoms with Crippen molar-refractivity contribution in [3.8, 4) is 11.1 Å². The number of nitrogens with one attached hydrogen (secondary N) is 2. The number of carbonyl (C=O) groups excluding carboxylic acids is 2. The molecule has 2 aromatic rings. The summed E-state index contributed by atoms with van der Waals surface area (Å²) in [6, 6.07) is 15.2. The van der Waals surface area contributed by atoms with Crippen molar-refractivity contribution >= 4 is 18.0 Å². The summed E-state index contributed by atoms with van der Waals surface area (Å²) in [7, 11) is 0. The molecule has 0 aromatic heterocycles. The topological polar surface area (TPSA) is 114 Å². The molecular weight excluding hydrogens is 436 g/mol. The largest absolute Gasteiger partial charge is 0.480 e. The van der Waals surface area contributed by atoms with Crippen LogP contribution in [0.2, 0.25) is 0 Å². The third kappa shape index (κ3) is 4.92. The van der Waals surface area contributed by atoms with Crippen molar-refractivity contribution in [2.45, 2.75) is 38.3 Å². The van der Waals surface area contributed by atoms with Gasteiger partial charge in [0.2, 0.25) is 5.91 Å². The number of carboxylic acids is 1. The first-order valence-corrected chi connectivity index (χ1v) is 11.6. The van der Waals surface area contributed by atoms with Crippen molar-refractivity contribution in [1.82, 2.24) is 10.6 Å². The first kappa shape index (κ1) is 23.8. The van der Waals surface area contributed by atoms with Gasteiger partial charge in [0.25, 0.3) is 0 Å². The van der Waals surface area contributed by atoms with E-state index in [-0.39, 0.29) is 30.9 Å². The van der Waals surface area contributed by atoms with E-state index >= 15 is 0 Å². The molecule has 1 saturated heterocycles. The van der Waals surface area contributed by atoms with E-state index in [0.717, 1.165) is 22.3 Å². The lowest BCUT2D eigenvalue weighted by atomic mass is 9.98. The standard InChI is InChI=1S/C26H30N2O6/c1-15(2)22(25(30)31)28-24(29)23-16(11-12-33-23)13-27-26(32)34-14-21-19-9-5-3-7-17(19)18-8-4-6-10-20(18)21/h3-10,15-16,21-23H,11-14H2,1-2H3,(H,27,32)(H,28,29)(H,30,31)/t16-,22+,23-/m1/s1. The Morgan fingerprint density at radius 2 is 1.68 bits per heavy atom. The summed E-state index contributed by atoms with van der Waals surface area (Å²) in [5.74, 6) is -2.12. The molecule has 0 unspecified atom stereocenters. The summed E-state index contributed by atoms with van der Waals surface area (Å²) in [6.45, 7) is 4.23. The van der Waals surface area contributed by atoms with Gasteiger partial charge in [-0.3, -0.25) is 4.79 Å². The number of aliphatic carboxylic acids is 1. The van der Waals surface area contributed by atoms with E-state index in [2.05, 4.69) is 34.9 Å². The van der Waals surface area contributed by atoms with E-state index in [4.69, 9.17) is 9.47 Å². The fourth-order valence-corrected chi connectivity index (χ4v) is 4.75. The van der Waals surface area contributed by atoms with Gasteiger partial charge in [0.05, 0.1) is 0 Å². The lowest BCUT2D eigenvalue weighted by Crippen LogP contribution is -2.50. The molecule has 1 heterocycles. The Hall–Kier alpha value is -3.39. The lowest BCUT2D eigenvalue weighted by Gasteiger charge is -2.23. The SMILES string of the molecule is CC(C)[C@H](NC(=O)[C@@H]1OCC[C@@H]1CNC(=O)OCC1c2ccccc2-c2ccccc21)C(=O)O. The maximum Gasteiger partial charge on any atom is 0.407 e. The second-order valence-corrected chi connectivity index (χ2v) is 9.12. The van der Waals surface area contributed by atoms with Crippen molar-refractivity contribution in [1.29, 1.82) is 0 Å². The summed E-state index contributed by atoms with van der Waals surface area (Å²) in [6.07, 6.45) is -0.783. The molecule has 8 nitrogen and oxygen atoms in total. The number of benzene rings is 2. The fourth-order valence-electron chi connectivity index (χ4n) is 4.75. The zero-order chi connectivity index (χ0) is 24.2. The van der Waals surface area contributed by atoms with Gasteiger partial charge in [-0.15, -0.1) is 0 Å². The average molecular weight is 467 g/mol. The van der Waals surface area contributed by atoms with Crippen molar-refractivity contribution in [2.75, 3.05) is 19.8 Å². The molecule has 2 aliphatic rings. The van der Waals surface area contributed by atoms with Crippen molar-refractivity contribution < 1.29 is 29.0 Å². The quantitative estimate of drug-likeness (QED) is 0.551.